The van der Waals surface area contributed by atoms with Crippen molar-refractivity contribution in [3.05, 3.63) is 11.9 Å². The molecule has 1 saturated heterocycles. The molecule has 0 spiro atoms. The lowest BCUT2D eigenvalue weighted by atomic mass is 10.2. The number of hydrogen-bond donors (Lipinski definition) is 1. The zero-order valence-electron chi connectivity index (χ0n) is 11.7. The van der Waals surface area contributed by atoms with Gasteiger partial charge in [-0.05, 0) is 18.8 Å². The molecule has 0 aliphatic carbocycles. The number of nitrogens with one attached hydrogen (secondary N) is 1. The Labute approximate surface area is 110 Å². The van der Waals surface area contributed by atoms with Crippen LogP contribution < -0.4 is 10.2 Å². The summed E-state index contributed by atoms with van der Waals surface area (Å²) in [6.07, 6.45) is 3.27. The highest BCUT2D eigenvalue weighted by Crippen LogP contribution is 2.23. The number of aromatic nitrogens is 2. The maximum atomic E-state index is 4.65. The average molecular weight is 248 g/mol. The lowest BCUT2D eigenvalue weighted by Gasteiger charge is -2.18. The first-order valence-electron chi connectivity index (χ1n) is 7.09. The van der Waals surface area contributed by atoms with Crippen molar-refractivity contribution < 1.29 is 0 Å². The van der Waals surface area contributed by atoms with E-state index in [4.69, 9.17) is 0 Å². The largest absolute Gasteiger partial charge is 0.370 e. The second kappa shape index (κ2) is 6.03. The number of hydrogen-bond acceptors (Lipinski definition) is 4. The number of aryl methyl sites for hydroxylation is 1. The Morgan fingerprint density at radius 1 is 1.39 bits per heavy atom. The molecule has 1 unspecified atom stereocenters. The maximum absolute atomic E-state index is 4.65. The Morgan fingerprint density at radius 2 is 2.22 bits per heavy atom. The van der Waals surface area contributed by atoms with Crippen molar-refractivity contribution in [1.82, 2.24) is 9.97 Å². The van der Waals surface area contributed by atoms with Gasteiger partial charge in [-0.1, -0.05) is 20.8 Å². The lowest BCUT2D eigenvalue weighted by Crippen LogP contribution is -2.21. The fraction of sp³-hybridized carbons (Fsp3) is 0.714. The van der Waals surface area contributed by atoms with Crippen LogP contribution in [-0.4, -0.2) is 29.6 Å². The van der Waals surface area contributed by atoms with Crippen LogP contribution in [0, 0.1) is 5.92 Å². The molecule has 0 radical (unpaired) electrons. The molecule has 100 valence electrons. The molecule has 0 amide bonds. The van der Waals surface area contributed by atoms with Crippen LogP contribution in [0.15, 0.2) is 6.07 Å². The average Bonchev–Trinajstić information content (AvgIpc) is 2.82. The Hall–Kier alpha value is -1.32. The minimum absolute atomic E-state index is 0.775. The van der Waals surface area contributed by atoms with Crippen molar-refractivity contribution in [2.75, 3.05) is 29.9 Å². The molecule has 1 atom stereocenters. The molecule has 2 rings (SSSR count). The topological polar surface area (TPSA) is 41.0 Å². The van der Waals surface area contributed by atoms with Gasteiger partial charge in [0.15, 0.2) is 0 Å². The molecule has 0 saturated carbocycles. The van der Waals surface area contributed by atoms with E-state index in [2.05, 4.69) is 47.0 Å². The van der Waals surface area contributed by atoms with Gasteiger partial charge in [0.05, 0.1) is 0 Å². The van der Waals surface area contributed by atoms with Crippen molar-refractivity contribution in [3.8, 4) is 0 Å². The normalized spacial score (nSPS) is 19.3. The summed E-state index contributed by atoms with van der Waals surface area (Å²) in [6.45, 7) is 9.78. The summed E-state index contributed by atoms with van der Waals surface area (Å²) in [5, 5.41) is 3.37. The maximum Gasteiger partial charge on any atom is 0.134 e. The van der Waals surface area contributed by atoms with Crippen molar-refractivity contribution >= 4 is 11.6 Å². The summed E-state index contributed by atoms with van der Waals surface area (Å²) in [5.74, 6) is 3.77. The van der Waals surface area contributed by atoms with Gasteiger partial charge in [0.25, 0.3) is 0 Å². The molecule has 1 aromatic rings. The lowest BCUT2D eigenvalue weighted by molar-refractivity contribution is 0.658. The van der Waals surface area contributed by atoms with Crippen molar-refractivity contribution in [2.45, 2.75) is 40.0 Å². The highest BCUT2D eigenvalue weighted by Gasteiger charge is 2.20. The molecule has 1 aliphatic rings. The summed E-state index contributed by atoms with van der Waals surface area (Å²) in [6, 6.07) is 2.09. The summed E-state index contributed by atoms with van der Waals surface area (Å²) >= 11 is 0. The number of nitrogens with zero attached hydrogens (tertiary/aromatic N) is 3. The predicted octanol–water partition coefficient (Wildman–Crippen LogP) is 2.71. The second-order valence-corrected chi connectivity index (χ2v) is 5.15. The summed E-state index contributed by atoms with van der Waals surface area (Å²) in [4.78, 5) is 11.6. The molecule has 2 heterocycles. The first-order valence-corrected chi connectivity index (χ1v) is 7.09. The van der Waals surface area contributed by atoms with Crippen LogP contribution in [0.25, 0.3) is 0 Å². The molecule has 1 fully saturated rings. The zero-order chi connectivity index (χ0) is 13.0. The van der Waals surface area contributed by atoms with Crippen LogP contribution in [0.2, 0.25) is 0 Å². The third kappa shape index (κ3) is 3.12. The molecule has 4 heteroatoms. The van der Waals surface area contributed by atoms with Crippen LogP contribution >= 0.6 is 0 Å². The zero-order valence-corrected chi connectivity index (χ0v) is 11.7. The van der Waals surface area contributed by atoms with E-state index in [9.17, 15) is 0 Å². The third-order valence-electron chi connectivity index (χ3n) is 3.38. The van der Waals surface area contributed by atoms with Gasteiger partial charge in [-0.15, -0.1) is 0 Å². The van der Waals surface area contributed by atoms with Gasteiger partial charge in [0.2, 0.25) is 0 Å². The number of anilines is 2. The van der Waals surface area contributed by atoms with Crippen LogP contribution in [0.3, 0.4) is 0 Å². The van der Waals surface area contributed by atoms with Gasteiger partial charge in [-0.2, -0.15) is 0 Å². The molecular weight excluding hydrogens is 224 g/mol. The highest BCUT2D eigenvalue weighted by molar-refractivity contribution is 5.50. The van der Waals surface area contributed by atoms with E-state index in [0.717, 1.165) is 55.9 Å². The summed E-state index contributed by atoms with van der Waals surface area (Å²) in [7, 11) is 0. The number of rotatable bonds is 5. The highest BCUT2D eigenvalue weighted by atomic mass is 15.2. The van der Waals surface area contributed by atoms with Gasteiger partial charge in [-0.25, -0.2) is 9.97 Å². The quantitative estimate of drug-likeness (QED) is 0.870. The molecular formula is C14H24N4. The first-order chi connectivity index (χ1) is 8.72. The fourth-order valence-corrected chi connectivity index (χ4v) is 2.29. The Balaban J connectivity index is 2.17. The minimum atomic E-state index is 0.775. The molecule has 4 nitrogen and oxygen atoms in total. The SMILES string of the molecule is CCCNc1cc(N2CCC(C)C2)nc(CC)n1. The minimum Gasteiger partial charge on any atom is -0.370 e. The van der Waals surface area contributed by atoms with E-state index < -0.39 is 0 Å². The Kier molecular flexibility index (Phi) is 4.39. The molecule has 1 aliphatic heterocycles. The molecule has 18 heavy (non-hydrogen) atoms. The monoisotopic (exact) mass is 248 g/mol. The van der Waals surface area contributed by atoms with Crippen LogP contribution in [0.4, 0.5) is 11.6 Å². The van der Waals surface area contributed by atoms with Gasteiger partial charge in [0.1, 0.15) is 17.5 Å². The van der Waals surface area contributed by atoms with Crippen LogP contribution in [0.5, 0.6) is 0 Å². The van der Waals surface area contributed by atoms with Crippen LogP contribution in [0.1, 0.15) is 39.4 Å². The van der Waals surface area contributed by atoms with E-state index >= 15 is 0 Å². The molecule has 1 aromatic heterocycles. The smallest absolute Gasteiger partial charge is 0.134 e. The van der Waals surface area contributed by atoms with Crippen molar-refractivity contribution in [2.24, 2.45) is 5.92 Å². The van der Waals surface area contributed by atoms with Crippen molar-refractivity contribution in [1.29, 1.82) is 0 Å². The Bertz CT molecular complexity index is 391. The van der Waals surface area contributed by atoms with E-state index in [0.29, 0.717) is 0 Å². The van der Waals surface area contributed by atoms with E-state index in [1.807, 2.05) is 0 Å². The van der Waals surface area contributed by atoms with Gasteiger partial charge in [-0.3, -0.25) is 0 Å². The summed E-state index contributed by atoms with van der Waals surface area (Å²) in [5.41, 5.74) is 0. The van der Waals surface area contributed by atoms with Gasteiger partial charge >= 0.3 is 0 Å². The summed E-state index contributed by atoms with van der Waals surface area (Å²) < 4.78 is 0. The van der Waals surface area contributed by atoms with E-state index in [1.54, 1.807) is 0 Å². The molecule has 0 bridgehead atoms. The molecule has 0 aromatic carbocycles. The first kappa shape index (κ1) is 13.1. The standard InChI is InChI=1S/C14H24N4/c1-4-7-15-13-9-14(17-12(5-2)16-13)18-8-6-11(3)10-18/h9,11H,4-8,10H2,1-3H3,(H,15,16,17). The third-order valence-corrected chi connectivity index (χ3v) is 3.38. The predicted molar refractivity (Wildman–Crippen MR) is 76.2 cm³/mol. The van der Waals surface area contributed by atoms with E-state index in [-0.39, 0.29) is 0 Å². The van der Waals surface area contributed by atoms with Crippen molar-refractivity contribution in [3.63, 3.8) is 0 Å². The Morgan fingerprint density at radius 3 is 2.83 bits per heavy atom. The fourth-order valence-electron chi connectivity index (χ4n) is 2.29. The second-order valence-electron chi connectivity index (χ2n) is 5.15. The van der Waals surface area contributed by atoms with Gasteiger partial charge < -0.3 is 10.2 Å². The molecule has 1 N–H and O–H groups in total. The van der Waals surface area contributed by atoms with E-state index in [1.165, 1.54) is 6.42 Å². The van der Waals surface area contributed by atoms with Crippen LogP contribution in [-0.2, 0) is 6.42 Å². The van der Waals surface area contributed by atoms with Gasteiger partial charge in [0, 0.05) is 32.1 Å².